The Hall–Kier alpha value is -3.16. The van der Waals surface area contributed by atoms with Crippen LogP contribution < -0.4 is 9.46 Å². The molecule has 0 aliphatic heterocycles. The van der Waals surface area contributed by atoms with Crippen LogP contribution >= 0.6 is 11.3 Å². The normalized spacial score (nSPS) is 11.3. The van der Waals surface area contributed by atoms with Gasteiger partial charge in [-0.3, -0.25) is 4.72 Å². The standard InChI is InChI=1S/C25H24N2O3S2/c1-2-3-17-30-22-13-15-23(16-14-22)32(28,29)27-21-11-9-19(10-12-21)24-18-31-25(26-24)20-7-5-4-6-8-20/h4-16,18,27H,2-3,17H2,1H3. The highest BCUT2D eigenvalue weighted by Gasteiger charge is 2.15. The molecule has 32 heavy (non-hydrogen) atoms. The second-order valence-corrected chi connectivity index (χ2v) is 9.80. The molecule has 0 unspecified atom stereocenters. The van der Waals surface area contributed by atoms with Crippen LogP contribution in [-0.2, 0) is 10.0 Å². The van der Waals surface area contributed by atoms with Crippen molar-refractivity contribution in [3.63, 3.8) is 0 Å². The molecule has 1 heterocycles. The van der Waals surface area contributed by atoms with E-state index in [9.17, 15) is 8.42 Å². The average Bonchev–Trinajstić information content (AvgIpc) is 3.31. The van der Waals surface area contributed by atoms with Crippen LogP contribution in [0.1, 0.15) is 19.8 Å². The van der Waals surface area contributed by atoms with Gasteiger partial charge in [-0.25, -0.2) is 13.4 Å². The summed E-state index contributed by atoms with van der Waals surface area (Å²) in [6.07, 6.45) is 2.01. The fraction of sp³-hybridized carbons (Fsp3) is 0.160. The summed E-state index contributed by atoms with van der Waals surface area (Å²) in [6, 6.07) is 23.7. The third-order valence-corrected chi connectivity index (χ3v) is 7.15. The molecule has 0 radical (unpaired) electrons. The lowest BCUT2D eigenvalue weighted by Gasteiger charge is -2.10. The second kappa shape index (κ2) is 9.97. The van der Waals surface area contributed by atoms with Crippen molar-refractivity contribution in [2.45, 2.75) is 24.7 Å². The van der Waals surface area contributed by atoms with Crippen LogP contribution in [0.4, 0.5) is 5.69 Å². The quantitative estimate of drug-likeness (QED) is 0.289. The van der Waals surface area contributed by atoms with Gasteiger partial charge < -0.3 is 4.74 Å². The maximum absolute atomic E-state index is 12.7. The van der Waals surface area contributed by atoms with Gasteiger partial charge in [0.05, 0.1) is 17.2 Å². The van der Waals surface area contributed by atoms with Crippen molar-refractivity contribution in [2.75, 3.05) is 11.3 Å². The number of benzene rings is 3. The minimum absolute atomic E-state index is 0.191. The highest BCUT2D eigenvalue weighted by atomic mass is 32.2. The van der Waals surface area contributed by atoms with E-state index in [1.165, 1.54) is 0 Å². The maximum atomic E-state index is 12.7. The van der Waals surface area contributed by atoms with Crippen molar-refractivity contribution in [2.24, 2.45) is 0 Å². The zero-order chi connectivity index (χ0) is 22.4. The minimum Gasteiger partial charge on any atom is -0.494 e. The third kappa shape index (κ3) is 5.36. The molecule has 0 bridgehead atoms. The predicted octanol–water partition coefficient (Wildman–Crippen LogP) is 6.46. The molecule has 1 N–H and O–H groups in total. The Kier molecular flexibility index (Phi) is 6.87. The van der Waals surface area contributed by atoms with Crippen molar-refractivity contribution in [3.8, 4) is 27.6 Å². The zero-order valence-electron chi connectivity index (χ0n) is 17.7. The molecule has 0 saturated carbocycles. The Bertz CT molecular complexity index is 1250. The van der Waals surface area contributed by atoms with Gasteiger partial charge in [-0.05, 0) is 42.8 Å². The third-order valence-electron chi connectivity index (χ3n) is 4.86. The molecule has 0 fully saturated rings. The molecule has 0 spiro atoms. The van der Waals surface area contributed by atoms with Crippen molar-refractivity contribution < 1.29 is 13.2 Å². The summed E-state index contributed by atoms with van der Waals surface area (Å²) >= 11 is 1.58. The summed E-state index contributed by atoms with van der Waals surface area (Å²) in [7, 11) is -3.68. The van der Waals surface area contributed by atoms with Gasteiger partial charge >= 0.3 is 0 Å². The van der Waals surface area contributed by atoms with E-state index in [4.69, 9.17) is 9.72 Å². The number of nitrogens with zero attached hydrogens (tertiary/aromatic N) is 1. The number of sulfonamides is 1. The molecule has 0 aliphatic rings. The topological polar surface area (TPSA) is 68.3 Å². The van der Waals surface area contributed by atoms with E-state index in [0.717, 1.165) is 34.7 Å². The SMILES string of the molecule is CCCCOc1ccc(S(=O)(=O)Nc2ccc(-c3csc(-c4ccccc4)n3)cc2)cc1. The first-order valence-electron chi connectivity index (χ1n) is 10.4. The van der Waals surface area contributed by atoms with E-state index in [1.807, 2.05) is 47.8 Å². The number of hydrogen-bond donors (Lipinski definition) is 1. The Morgan fingerprint density at radius 2 is 1.62 bits per heavy atom. The molecule has 7 heteroatoms. The van der Waals surface area contributed by atoms with Crippen molar-refractivity contribution in [1.29, 1.82) is 0 Å². The van der Waals surface area contributed by atoms with E-state index >= 15 is 0 Å². The van der Waals surface area contributed by atoms with Gasteiger partial charge in [0, 0.05) is 22.2 Å². The van der Waals surface area contributed by atoms with E-state index in [1.54, 1.807) is 47.7 Å². The summed E-state index contributed by atoms with van der Waals surface area (Å²) in [4.78, 5) is 4.90. The highest BCUT2D eigenvalue weighted by molar-refractivity contribution is 7.92. The predicted molar refractivity (Wildman–Crippen MR) is 131 cm³/mol. The number of hydrogen-bond acceptors (Lipinski definition) is 5. The lowest BCUT2D eigenvalue weighted by atomic mass is 10.1. The zero-order valence-corrected chi connectivity index (χ0v) is 19.3. The van der Waals surface area contributed by atoms with Crippen LogP contribution in [0.2, 0.25) is 0 Å². The van der Waals surface area contributed by atoms with Crippen molar-refractivity contribution in [1.82, 2.24) is 4.98 Å². The van der Waals surface area contributed by atoms with Gasteiger partial charge in [0.2, 0.25) is 0 Å². The molecule has 0 atom stereocenters. The Morgan fingerprint density at radius 3 is 2.31 bits per heavy atom. The molecule has 0 amide bonds. The number of aromatic nitrogens is 1. The van der Waals surface area contributed by atoms with E-state index in [0.29, 0.717) is 18.0 Å². The van der Waals surface area contributed by atoms with Gasteiger partial charge in [-0.15, -0.1) is 11.3 Å². The Morgan fingerprint density at radius 1 is 0.906 bits per heavy atom. The van der Waals surface area contributed by atoms with Crippen molar-refractivity contribution >= 4 is 27.0 Å². The number of rotatable bonds is 9. The summed E-state index contributed by atoms with van der Waals surface area (Å²) in [5.41, 5.74) is 3.37. The number of ether oxygens (including phenoxy) is 1. The summed E-state index contributed by atoms with van der Waals surface area (Å²) < 4.78 is 33.7. The van der Waals surface area contributed by atoms with E-state index in [-0.39, 0.29) is 4.90 Å². The highest BCUT2D eigenvalue weighted by Crippen LogP contribution is 2.29. The minimum atomic E-state index is -3.68. The van der Waals surface area contributed by atoms with Crippen LogP contribution in [0.5, 0.6) is 5.75 Å². The molecular weight excluding hydrogens is 440 g/mol. The number of unbranched alkanes of at least 4 members (excludes halogenated alkanes) is 1. The number of thiazole rings is 1. The van der Waals surface area contributed by atoms with Gasteiger partial charge in [0.1, 0.15) is 10.8 Å². The van der Waals surface area contributed by atoms with E-state index < -0.39 is 10.0 Å². The van der Waals surface area contributed by atoms with Crippen LogP contribution in [-0.4, -0.2) is 20.0 Å². The molecule has 0 aliphatic carbocycles. The summed E-state index contributed by atoms with van der Waals surface area (Å²) in [6.45, 7) is 2.72. The first kappa shape index (κ1) is 22.0. The molecule has 1 aromatic heterocycles. The fourth-order valence-corrected chi connectivity index (χ4v) is 4.99. The molecular formula is C25H24N2O3S2. The first-order valence-corrected chi connectivity index (χ1v) is 12.8. The Labute approximate surface area is 192 Å². The smallest absolute Gasteiger partial charge is 0.261 e. The molecule has 4 rings (SSSR count). The summed E-state index contributed by atoms with van der Waals surface area (Å²) in [5, 5.41) is 2.96. The molecule has 4 aromatic rings. The lowest BCUT2D eigenvalue weighted by molar-refractivity contribution is 0.309. The van der Waals surface area contributed by atoms with Gasteiger partial charge in [-0.2, -0.15) is 0 Å². The monoisotopic (exact) mass is 464 g/mol. The number of anilines is 1. The first-order chi connectivity index (χ1) is 15.5. The maximum Gasteiger partial charge on any atom is 0.261 e. The number of nitrogens with one attached hydrogen (secondary N) is 1. The van der Waals surface area contributed by atoms with Crippen molar-refractivity contribution in [3.05, 3.63) is 84.2 Å². The second-order valence-electron chi connectivity index (χ2n) is 7.26. The molecule has 5 nitrogen and oxygen atoms in total. The lowest BCUT2D eigenvalue weighted by Crippen LogP contribution is -2.12. The largest absolute Gasteiger partial charge is 0.494 e. The van der Waals surface area contributed by atoms with Crippen LogP contribution in [0.15, 0.2) is 89.1 Å². The van der Waals surface area contributed by atoms with Gasteiger partial charge in [-0.1, -0.05) is 55.8 Å². The molecule has 164 valence electrons. The average molecular weight is 465 g/mol. The van der Waals surface area contributed by atoms with Crippen LogP contribution in [0, 0.1) is 0 Å². The van der Waals surface area contributed by atoms with Crippen LogP contribution in [0.3, 0.4) is 0 Å². The van der Waals surface area contributed by atoms with Crippen LogP contribution in [0.25, 0.3) is 21.8 Å². The molecule has 3 aromatic carbocycles. The molecule has 0 saturated heterocycles. The Balaban J connectivity index is 1.43. The fourth-order valence-electron chi connectivity index (χ4n) is 3.09. The van der Waals surface area contributed by atoms with Gasteiger partial charge in [0.25, 0.3) is 10.0 Å². The summed E-state index contributed by atoms with van der Waals surface area (Å²) in [5.74, 6) is 0.667. The van der Waals surface area contributed by atoms with E-state index in [2.05, 4.69) is 11.6 Å². The van der Waals surface area contributed by atoms with Gasteiger partial charge in [0.15, 0.2) is 0 Å².